The summed E-state index contributed by atoms with van der Waals surface area (Å²) in [7, 11) is -1.05. The Morgan fingerprint density at radius 3 is 2.43 bits per heavy atom. The molecule has 0 bridgehead atoms. The van der Waals surface area contributed by atoms with Crippen molar-refractivity contribution in [3.8, 4) is 0 Å². The van der Waals surface area contributed by atoms with Gasteiger partial charge in [0.05, 0.1) is 0 Å². The second kappa shape index (κ2) is 5.71. The molecule has 4 rings (SSSR count). The third-order valence-electron chi connectivity index (χ3n) is 4.52. The molecule has 0 aromatic heterocycles. The van der Waals surface area contributed by atoms with E-state index in [2.05, 4.69) is 80.2 Å². The third-order valence-corrected chi connectivity index (χ3v) is 6.18. The van der Waals surface area contributed by atoms with Crippen molar-refractivity contribution in [3.63, 3.8) is 0 Å². The monoisotopic (exact) mass is 315 g/mol. The van der Waals surface area contributed by atoms with Gasteiger partial charge in [0.15, 0.2) is 0 Å². The molecular formula is C21H19OSi. The van der Waals surface area contributed by atoms with E-state index in [0.717, 1.165) is 12.2 Å². The Balaban J connectivity index is 1.77. The van der Waals surface area contributed by atoms with Gasteiger partial charge in [0, 0.05) is 5.56 Å². The summed E-state index contributed by atoms with van der Waals surface area (Å²) in [5.74, 6) is 1.11. The van der Waals surface area contributed by atoms with Crippen LogP contribution < -0.4 is 5.19 Å². The highest BCUT2D eigenvalue weighted by atomic mass is 28.3. The summed E-state index contributed by atoms with van der Waals surface area (Å²) in [6.07, 6.45) is 0.999. The van der Waals surface area contributed by atoms with Crippen molar-refractivity contribution in [2.75, 3.05) is 0 Å². The zero-order valence-corrected chi connectivity index (χ0v) is 14.5. The summed E-state index contributed by atoms with van der Waals surface area (Å²) < 4.78 is 6.53. The van der Waals surface area contributed by atoms with E-state index in [1.807, 2.05) is 0 Å². The smallest absolute Gasteiger partial charge is 0.313 e. The van der Waals surface area contributed by atoms with Crippen LogP contribution in [-0.2, 0) is 10.8 Å². The summed E-state index contributed by atoms with van der Waals surface area (Å²) in [5.41, 5.74) is 4.04. The van der Waals surface area contributed by atoms with Crippen molar-refractivity contribution in [2.45, 2.75) is 19.9 Å². The minimum absolute atomic E-state index is 0.999. The van der Waals surface area contributed by atoms with E-state index in [1.54, 1.807) is 0 Å². The fourth-order valence-electron chi connectivity index (χ4n) is 3.33. The zero-order valence-electron chi connectivity index (χ0n) is 13.5. The Bertz CT molecular complexity index is 896. The minimum atomic E-state index is -1.05. The van der Waals surface area contributed by atoms with Crippen LogP contribution in [0.25, 0.3) is 16.5 Å². The maximum absolute atomic E-state index is 6.53. The van der Waals surface area contributed by atoms with Crippen molar-refractivity contribution in [2.24, 2.45) is 0 Å². The molecule has 0 atom stereocenters. The average Bonchev–Trinajstić information content (AvgIpc) is 2.91. The summed E-state index contributed by atoms with van der Waals surface area (Å²) in [6.45, 7) is 4.42. The van der Waals surface area contributed by atoms with Crippen molar-refractivity contribution in [3.05, 3.63) is 83.4 Å². The highest BCUT2D eigenvalue weighted by Crippen LogP contribution is 2.38. The largest absolute Gasteiger partial charge is 0.537 e. The van der Waals surface area contributed by atoms with Crippen LogP contribution in [0.4, 0.5) is 0 Å². The summed E-state index contributed by atoms with van der Waals surface area (Å²) in [4.78, 5) is 0. The summed E-state index contributed by atoms with van der Waals surface area (Å²) >= 11 is 0. The second-order valence-corrected chi connectivity index (χ2v) is 8.03. The van der Waals surface area contributed by atoms with Gasteiger partial charge in [-0.15, -0.1) is 0 Å². The maximum Gasteiger partial charge on any atom is 0.313 e. The Labute approximate surface area is 139 Å². The second-order valence-electron chi connectivity index (χ2n) is 6.13. The summed E-state index contributed by atoms with van der Waals surface area (Å²) in [5, 5.41) is 3.90. The molecule has 0 unspecified atom stereocenters. The SMILES string of the molecule is CC1=C(O[Si](C)c2ccccc2)c2c(ccc3ccccc23)C1. The molecule has 2 heteroatoms. The molecule has 113 valence electrons. The van der Waals surface area contributed by atoms with E-state index < -0.39 is 9.04 Å². The van der Waals surface area contributed by atoms with E-state index in [9.17, 15) is 0 Å². The number of fused-ring (bicyclic) bond motifs is 3. The van der Waals surface area contributed by atoms with E-state index in [1.165, 1.54) is 32.7 Å². The van der Waals surface area contributed by atoms with E-state index >= 15 is 0 Å². The number of hydrogen-bond donors (Lipinski definition) is 0. The standard InChI is InChI=1S/C21H19OSi/c1-15-14-17-13-12-16-8-6-7-11-19(16)20(17)21(15)22-23(2)18-9-4-3-5-10-18/h3-13H,14H2,1-2H3. The van der Waals surface area contributed by atoms with Gasteiger partial charge in [-0.1, -0.05) is 66.7 Å². The first-order chi connectivity index (χ1) is 11.2. The predicted octanol–water partition coefficient (Wildman–Crippen LogP) is 4.67. The Hall–Kier alpha value is -2.32. The van der Waals surface area contributed by atoms with Crippen LogP contribution in [0, 0.1) is 0 Å². The fraction of sp³-hybridized carbons (Fsp3) is 0.143. The lowest BCUT2D eigenvalue weighted by molar-refractivity contribution is 0.541. The van der Waals surface area contributed by atoms with Crippen LogP contribution in [-0.4, -0.2) is 9.04 Å². The first kappa shape index (κ1) is 14.3. The van der Waals surface area contributed by atoms with E-state index in [4.69, 9.17) is 4.43 Å². The van der Waals surface area contributed by atoms with Gasteiger partial charge < -0.3 is 4.43 Å². The van der Waals surface area contributed by atoms with Crippen LogP contribution in [0.3, 0.4) is 0 Å². The Morgan fingerprint density at radius 2 is 1.61 bits per heavy atom. The quantitative estimate of drug-likeness (QED) is 0.638. The van der Waals surface area contributed by atoms with Crippen molar-refractivity contribution in [1.29, 1.82) is 0 Å². The average molecular weight is 315 g/mol. The number of benzene rings is 3. The number of hydrogen-bond acceptors (Lipinski definition) is 1. The molecule has 0 N–H and O–H groups in total. The molecule has 0 aliphatic heterocycles. The Kier molecular flexibility index (Phi) is 3.54. The molecule has 1 aliphatic rings. The van der Waals surface area contributed by atoms with Gasteiger partial charge in [0.1, 0.15) is 5.76 Å². The number of allylic oxidation sites excluding steroid dienone is 1. The van der Waals surface area contributed by atoms with Crippen LogP contribution >= 0.6 is 0 Å². The molecule has 0 saturated heterocycles. The third kappa shape index (κ3) is 2.49. The van der Waals surface area contributed by atoms with Crippen LogP contribution in [0.1, 0.15) is 18.1 Å². The molecule has 23 heavy (non-hydrogen) atoms. The normalized spacial score (nSPS) is 13.7. The molecule has 0 saturated carbocycles. The lowest BCUT2D eigenvalue weighted by Gasteiger charge is -2.17. The molecular weight excluding hydrogens is 296 g/mol. The molecule has 1 radical (unpaired) electrons. The molecule has 0 heterocycles. The van der Waals surface area contributed by atoms with Crippen molar-refractivity contribution < 1.29 is 4.43 Å². The van der Waals surface area contributed by atoms with Gasteiger partial charge in [-0.3, -0.25) is 0 Å². The lowest BCUT2D eigenvalue weighted by atomic mass is 10.0. The van der Waals surface area contributed by atoms with E-state index in [0.29, 0.717) is 0 Å². The summed E-state index contributed by atoms with van der Waals surface area (Å²) in [6, 6.07) is 23.6. The van der Waals surface area contributed by atoms with Gasteiger partial charge in [-0.25, -0.2) is 0 Å². The molecule has 0 fully saturated rings. The molecule has 3 aromatic carbocycles. The molecule has 0 spiro atoms. The van der Waals surface area contributed by atoms with Crippen molar-refractivity contribution >= 4 is 30.8 Å². The fourth-order valence-corrected chi connectivity index (χ4v) is 4.70. The first-order valence-corrected chi connectivity index (χ1v) is 9.92. The maximum atomic E-state index is 6.53. The topological polar surface area (TPSA) is 9.23 Å². The van der Waals surface area contributed by atoms with Crippen LogP contribution in [0.5, 0.6) is 0 Å². The predicted molar refractivity (Wildman–Crippen MR) is 99.0 cm³/mol. The first-order valence-electron chi connectivity index (χ1n) is 8.01. The van der Waals surface area contributed by atoms with Gasteiger partial charge in [0.25, 0.3) is 0 Å². The zero-order chi connectivity index (χ0) is 15.8. The molecule has 0 amide bonds. The van der Waals surface area contributed by atoms with Gasteiger partial charge >= 0.3 is 9.04 Å². The molecule has 3 aromatic rings. The van der Waals surface area contributed by atoms with Gasteiger partial charge in [-0.2, -0.15) is 0 Å². The molecule has 1 aliphatic carbocycles. The highest BCUT2D eigenvalue weighted by Gasteiger charge is 2.25. The van der Waals surface area contributed by atoms with Gasteiger partial charge in [0.2, 0.25) is 0 Å². The van der Waals surface area contributed by atoms with E-state index in [-0.39, 0.29) is 0 Å². The van der Waals surface area contributed by atoms with Crippen LogP contribution in [0.2, 0.25) is 6.55 Å². The highest BCUT2D eigenvalue weighted by molar-refractivity contribution is 6.66. The van der Waals surface area contributed by atoms with Gasteiger partial charge in [-0.05, 0) is 47.0 Å². The lowest BCUT2D eigenvalue weighted by Crippen LogP contribution is -2.29. The minimum Gasteiger partial charge on any atom is -0.537 e. The molecule has 1 nitrogen and oxygen atoms in total. The van der Waals surface area contributed by atoms with Crippen molar-refractivity contribution in [1.82, 2.24) is 0 Å². The Morgan fingerprint density at radius 1 is 0.870 bits per heavy atom. The number of rotatable bonds is 3. The van der Waals surface area contributed by atoms with Crippen LogP contribution in [0.15, 0.2) is 72.3 Å².